The van der Waals surface area contributed by atoms with Crippen molar-refractivity contribution in [1.29, 1.82) is 0 Å². The van der Waals surface area contributed by atoms with Crippen molar-refractivity contribution >= 4 is 0 Å². The van der Waals surface area contributed by atoms with Gasteiger partial charge in [0.2, 0.25) is 0 Å². The molecular weight excluding hydrogens is 202 g/mol. The maximum absolute atomic E-state index is 5.82. The zero-order valence-corrected chi connectivity index (χ0v) is 9.94. The molecule has 1 fully saturated rings. The molecule has 2 rings (SSSR count). The first-order valence-electron chi connectivity index (χ1n) is 5.86. The predicted molar refractivity (Wildman–Crippen MR) is 62.0 cm³/mol. The van der Waals surface area contributed by atoms with Crippen LogP contribution in [0.25, 0.3) is 0 Å². The number of aryl methyl sites for hydroxylation is 1. The lowest BCUT2D eigenvalue weighted by Gasteiger charge is -2.11. The highest BCUT2D eigenvalue weighted by molar-refractivity contribution is 5.19. The Labute approximate surface area is 96.2 Å². The van der Waals surface area contributed by atoms with Crippen molar-refractivity contribution in [3.05, 3.63) is 23.3 Å². The molecule has 4 nitrogen and oxygen atoms in total. The van der Waals surface area contributed by atoms with Gasteiger partial charge < -0.3 is 10.5 Å². The Morgan fingerprint density at radius 1 is 1.62 bits per heavy atom. The van der Waals surface area contributed by atoms with Gasteiger partial charge >= 0.3 is 0 Å². The normalized spacial score (nSPS) is 22.3. The molecule has 4 heteroatoms. The molecule has 0 bridgehead atoms. The average molecular weight is 221 g/mol. The molecule has 0 amide bonds. The summed E-state index contributed by atoms with van der Waals surface area (Å²) in [5, 5.41) is 0. The SMILES string of the molecule is Cc1nc(CC2CCCO2)ncc1C(C)N. The van der Waals surface area contributed by atoms with Crippen molar-refractivity contribution < 1.29 is 4.74 Å². The molecule has 0 radical (unpaired) electrons. The van der Waals surface area contributed by atoms with Gasteiger partial charge in [0, 0.05) is 36.5 Å². The number of hydrogen-bond acceptors (Lipinski definition) is 4. The van der Waals surface area contributed by atoms with E-state index in [1.54, 1.807) is 0 Å². The van der Waals surface area contributed by atoms with Crippen LogP contribution in [0.2, 0.25) is 0 Å². The van der Waals surface area contributed by atoms with Gasteiger partial charge in [-0.3, -0.25) is 0 Å². The third-order valence-electron chi connectivity index (χ3n) is 2.99. The van der Waals surface area contributed by atoms with Gasteiger partial charge in [-0.05, 0) is 26.7 Å². The monoisotopic (exact) mass is 221 g/mol. The Hall–Kier alpha value is -1.00. The van der Waals surface area contributed by atoms with E-state index in [0.717, 1.165) is 43.0 Å². The highest BCUT2D eigenvalue weighted by Crippen LogP contribution is 2.17. The Morgan fingerprint density at radius 3 is 3.00 bits per heavy atom. The number of rotatable bonds is 3. The summed E-state index contributed by atoms with van der Waals surface area (Å²) in [6, 6.07) is -0.00298. The second-order valence-corrected chi connectivity index (χ2v) is 4.45. The standard InChI is InChI=1S/C12H19N3O/c1-8(13)11-7-14-12(15-9(11)2)6-10-4-3-5-16-10/h7-8,10H,3-6,13H2,1-2H3. The van der Waals surface area contributed by atoms with Gasteiger partial charge in [0.25, 0.3) is 0 Å². The molecule has 2 N–H and O–H groups in total. The van der Waals surface area contributed by atoms with E-state index in [1.165, 1.54) is 0 Å². The van der Waals surface area contributed by atoms with E-state index < -0.39 is 0 Å². The van der Waals surface area contributed by atoms with E-state index in [-0.39, 0.29) is 6.04 Å². The lowest BCUT2D eigenvalue weighted by atomic mass is 10.1. The van der Waals surface area contributed by atoms with E-state index in [9.17, 15) is 0 Å². The number of hydrogen-bond donors (Lipinski definition) is 1. The second kappa shape index (κ2) is 4.89. The molecule has 1 aromatic rings. The number of nitrogens with zero attached hydrogens (tertiary/aromatic N) is 2. The Balaban J connectivity index is 2.08. The molecular formula is C12H19N3O. The van der Waals surface area contributed by atoms with Crippen LogP contribution in [0.4, 0.5) is 0 Å². The minimum Gasteiger partial charge on any atom is -0.378 e. The van der Waals surface area contributed by atoms with Gasteiger partial charge in [-0.1, -0.05) is 0 Å². The summed E-state index contributed by atoms with van der Waals surface area (Å²) in [5.74, 6) is 0.869. The number of aromatic nitrogens is 2. The average Bonchev–Trinajstić information content (AvgIpc) is 2.70. The fraction of sp³-hybridized carbons (Fsp3) is 0.667. The molecule has 0 saturated carbocycles. The van der Waals surface area contributed by atoms with Gasteiger partial charge in [0.15, 0.2) is 0 Å². The van der Waals surface area contributed by atoms with E-state index in [4.69, 9.17) is 10.5 Å². The summed E-state index contributed by atoms with van der Waals surface area (Å²) < 4.78 is 5.57. The first-order chi connectivity index (χ1) is 7.66. The fourth-order valence-electron chi connectivity index (χ4n) is 2.08. The van der Waals surface area contributed by atoms with Crippen molar-refractivity contribution in [1.82, 2.24) is 9.97 Å². The van der Waals surface area contributed by atoms with Crippen LogP contribution >= 0.6 is 0 Å². The fourth-order valence-corrected chi connectivity index (χ4v) is 2.08. The highest BCUT2D eigenvalue weighted by atomic mass is 16.5. The van der Waals surface area contributed by atoms with Gasteiger partial charge in [-0.25, -0.2) is 9.97 Å². The quantitative estimate of drug-likeness (QED) is 0.840. The zero-order chi connectivity index (χ0) is 11.5. The van der Waals surface area contributed by atoms with Gasteiger partial charge in [-0.15, -0.1) is 0 Å². The molecule has 2 unspecified atom stereocenters. The third kappa shape index (κ3) is 2.57. The number of nitrogens with two attached hydrogens (primary N) is 1. The predicted octanol–water partition coefficient (Wildman–Crippen LogP) is 1.53. The molecule has 88 valence electrons. The van der Waals surface area contributed by atoms with E-state index in [2.05, 4.69) is 9.97 Å². The molecule has 0 aromatic carbocycles. The molecule has 0 aliphatic carbocycles. The van der Waals surface area contributed by atoms with Crippen molar-refractivity contribution in [2.24, 2.45) is 5.73 Å². The Kier molecular flexibility index (Phi) is 3.51. The Morgan fingerprint density at radius 2 is 2.44 bits per heavy atom. The Bertz CT molecular complexity index is 359. The minimum atomic E-state index is -0.00298. The van der Waals surface area contributed by atoms with Crippen LogP contribution in [-0.2, 0) is 11.2 Å². The summed E-state index contributed by atoms with van der Waals surface area (Å²) in [6.07, 6.45) is 5.25. The van der Waals surface area contributed by atoms with Gasteiger partial charge in [0.05, 0.1) is 6.10 Å². The maximum atomic E-state index is 5.82. The maximum Gasteiger partial charge on any atom is 0.131 e. The van der Waals surface area contributed by atoms with Crippen LogP contribution in [0.15, 0.2) is 6.20 Å². The third-order valence-corrected chi connectivity index (χ3v) is 2.99. The van der Waals surface area contributed by atoms with Crippen LogP contribution in [0.5, 0.6) is 0 Å². The van der Waals surface area contributed by atoms with Crippen LogP contribution < -0.4 is 5.73 Å². The first kappa shape index (κ1) is 11.5. The lowest BCUT2D eigenvalue weighted by Crippen LogP contribution is -2.14. The zero-order valence-electron chi connectivity index (χ0n) is 9.94. The second-order valence-electron chi connectivity index (χ2n) is 4.45. The van der Waals surface area contributed by atoms with E-state index in [1.807, 2.05) is 20.0 Å². The van der Waals surface area contributed by atoms with E-state index in [0.29, 0.717) is 6.10 Å². The molecule has 16 heavy (non-hydrogen) atoms. The van der Waals surface area contributed by atoms with Gasteiger partial charge in [-0.2, -0.15) is 0 Å². The largest absolute Gasteiger partial charge is 0.378 e. The molecule has 1 aromatic heterocycles. The smallest absolute Gasteiger partial charge is 0.131 e. The summed E-state index contributed by atoms with van der Waals surface area (Å²) >= 11 is 0. The lowest BCUT2D eigenvalue weighted by molar-refractivity contribution is 0.110. The molecule has 1 saturated heterocycles. The topological polar surface area (TPSA) is 61.0 Å². The molecule has 2 heterocycles. The highest BCUT2D eigenvalue weighted by Gasteiger charge is 2.17. The van der Waals surface area contributed by atoms with Crippen LogP contribution in [0.1, 0.15) is 42.9 Å². The molecule has 2 atom stereocenters. The number of ether oxygens (including phenoxy) is 1. The van der Waals surface area contributed by atoms with Crippen molar-refractivity contribution in [3.63, 3.8) is 0 Å². The van der Waals surface area contributed by atoms with Gasteiger partial charge in [0.1, 0.15) is 5.82 Å². The van der Waals surface area contributed by atoms with Crippen LogP contribution in [0.3, 0.4) is 0 Å². The van der Waals surface area contributed by atoms with Crippen molar-refractivity contribution in [2.45, 2.75) is 45.3 Å². The molecule has 1 aliphatic heterocycles. The van der Waals surface area contributed by atoms with Crippen molar-refractivity contribution in [3.8, 4) is 0 Å². The van der Waals surface area contributed by atoms with Crippen LogP contribution in [-0.4, -0.2) is 22.7 Å². The minimum absolute atomic E-state index is 0.00298. The summed E-state index contributed by atoms with van der Waals surface area (Å²) in [4.78, 5) is 8.84. The summed E-state index contributed by atoms with van der Waals surface area (Å²) in [5.41, 5.74) is 7.83. The summed E-state index contributed by atoms with van der Waals surface area (Å²) in [6.45, 7) is 4.81. The first-order valence-corrected chi connectivity index (χ1v) is 5.86. The van der Waals surface area contributed by atoms with Crippen LogP contribution in [0, 0.1) is 6.92 Å². The summed E-state index contributed by atoms with van der Waals surface area (Å²) in [7, 11) is 0. The van der Waals surface area contributed by atoms with Crippen molar-refractivity contribution in [2.75, 3.05) is 6.61 Å². The molecule has 1 aliphatic rings. The van der Waals surface area contributed by atoms with E-state index >= 15 is 0 Å². The molecule has 0 spiro atoms.